The quantitative estimate of drug-likeness (QED) is 0.385. The molecule has 0 radical (unpaired) electrons. The van der Waals surface area contributed by atoms with Crippen molar-refractivity contribution in [2.75, 3.05) is 12.1 Å². The van der Waals surface area contributed by atoms with Gasteiger partial charge >= 0.3 is 0 Å². The van der Waals surface area contributed by atoms with Crippen molar-refractivity contribution in [2.24, 2.45) is 5.84 Å². The molecule has 0 aliphatic heterocycles. The van der Waals surface area contributed by atoms with Crippen LogP contribution in [0.15, 0.2) is 60.9 Å². The van der Waals surface area contributed by atoms with E-state index < -0.39 is 0 Å². The van der Waals surface area contributed by atoms with Crippen molar-refractivity contribution < 1.29 is 4.74 Å². The Balaban J connectivity index is 1.90. The zero-order chi connectivity index (χ0) is 20.5. The number of fused-ring (bicyclic) bond motifs is 1. The molecule has 2 heterocycles. The van der Waals surface area contributed by atoms with Gasteiger partial charge in [0.25, 0.3) is 0 Å². The number of hydrazine groups is 1. The number of nitrogens with two attached hydrogens (primary N) is 1. The molecule has 148 valence electrons. The number of anilines is 2. The second-order valence-corrected chi connectivity index (χ2v) is 7.37. The summed E-state index contributed by atoms with van der Waals surface area (Å²) in [7, 11) is 1.64. The van der Waals surface area contributed by atoms with E-state index in [1.54, 1.807) is 18.4 Å². The molecule has 0 unspecified atom stereocenters. The van der Waals surface area contributed by atoms with E-state index in [4.69, 9.17) is 10.6 Å². The van der Waals surface area contributed by atoms with Crippen molar-refractivity contribution in [3.8, 4) is 17.0 Å². The van der Waals surface area contributed by atoms with Crippen LogP contribution in [0.5, 0.6) is 5.75 Å². The molecule has 2 aromatic carbocycles. The molecular weight excluding hydrogens is 362 g/mol. The summed E-state index contributed by atoms with van der Waals surface area (Å²) in [5, 5.41) is 2.48. The molecule has 0 fully saturated rings. The summed E-state index contributed by atoms with van der Waals surface area (Å²) < 4.78 is 7.56. The summed E-state index contributed by atoms with van der Waals surface area (Å²) in [6.45, 7) is 6.40. The monoisotopic (exact) mass is 387 g/mol. The maximum absolute atomic E-state index is 6.48. The van der Waals surface area contributed by atoms with Gasteiger partial charge in [0.1, 0.15) is 17.7 Å². The minimum Gasteiger partial charge on any atom is -0.497 e. The van der Waals surface area contributed by atoms with Crippen LogP contribution in [0.4, 0.5) is 11.5 Å². The fourth-order valence-corrected chi connectivity index (χ4v) is 3.56. The van der Waals surface area contributed by atoms with E-state index in [2.05, 4.69) is 65.6 Å². The molecule has 0 spiro atoms. The third-order valence-electron chi connectivity index (χ3n) is 5.03. The minimum atomic E-state index is 0.231. The highest BCUT2D eigenvalue weighted by atomic mass is 16.5. The highest BCUT2D eigenvalue weighted by molar-refractivity contribution is 5.94. The van der Waals surface area contributed by atoms with Crippen LogP contribution < -0.4 is 15.6 Å². The Bertz CT molecular complexity index is 1150. The molecule has 0 aliphatic carbocycles. The number of aromatic nitrogens is 3. The summed E-state index contributed by atoms with van der Waals surface area (Å²) >= 11 is 0. The number of methoxy groups -OCH3 is 1. The van der Waals surface area contributed by atoms with Crippen LogP contribution in [0.1, 0.15) is 25.5 Å². The lowest BCUT2D eigenvalue weighted by molar-refractivity contribution is 0.415. The van der Waals surface area contributed by atoms with Gasteiger partial charge in [-0.3, -0.25) is 5.01 Å². The zero-order valence-corrected chi connectivity index (χ0v) is 17.1. The van der Waals surface area contributed by atoms with Gasteiger partial charge < -0.3 is 9.30 Å². The van der Waals surface area contributed by atoms with Crippen molar-refractivity contribution in [3.05, 3.63) is 66.5 Å². The van der Waals surface area contributed by atoms with Crippen LogP contribution in [0.25, 0.3) is 22.3 Å². The summed E-state index contributed by atoms with van der Waals surface area (Å²) in [4.78, 5) is 9.08. The highest BCUT2D eigenvalue weighted by Crippen LogP contribution is 2.35. The van der Waals surface area contributed by atoms with Crippen LogP contribution in [-0.4, -0.2) is 21.6 Å². The Labute approximate surface area is 170 Å². The van der Waals surface area contributed by atoms with Crippen LogP contribution in [0.2, 0.25) is 0 Å². The number of hydrogen-bond acceptors (Lipinski definition) is 5. The first-order chi connectivity index (χ1) is 14.0. The maximum atomic E-state index is 6.48. The molecule has 4 rings (SSSR count). The standard InChI is InChI=1S/C23H25N5O/c1-15(2)27-21(17-10-8-16(3)9-11-17)13-20-22(27)25-14-26-23(20)28(24)18-6-5-7-19(12-18)29-4/h5-15H,24H2,1-4H3. The molecule has 0 aliphatic rings. The van der Waals surface area contributed by atoms with Gasteiger partial charge in [-0.1, -0.05) is 35.9 Å². The smallest absolute Gasteiger partial charge is 0.160 e. The predicted molar refractivity (Wildman–Crippen MR) is 117 cm³/mol. The van der Waals surface area contributed by atoms with Crippen molar-refractivity contribution >= 4 is 22.5 Å². The predicted octanol–water partition coefficient (Wildman–Crippen LogP) is 5.01. The molecule has 0 bridgehead atoms. The summed E-state index contributed by atoms with van der Waals surface area (Å²) in [5.41, 5.74) is 5.11. The van der Waals surface area contributed by atoms with E-state index in [0.717, 1.165) is 33.7 Å². The number of benzene rings is 2. The molecule has 6 heteroatoms. The number of ether oxygens (including phenoxy) is 1. The first kappa shape index (κ1) is 19.0. The molecule has 0 atom stereocenters. The number of nitrogens with zero attached hydrogens (tertiary/aromatic N) is 4. The van der Waals surface area contributed by atoms with E-state index in [9.17, 15) is 0 Å². The van der Waals surface area contributed by atoms with Crippen molar-refractivity contribution in [1.29, 1.82) is 0 Å². The molecule has 2 aromatic heterocycles. The summed E-state index contributed by atoms with van der Waals surface area (Å²) in [6.07, 6.45) is 1.56. The SMILES string of the molecule is COc1cccc(N(N)c2ncnc3c2cc(-c2ccc(C)cc2)n3C(C)C)c1. The fraction of sp³-hybridized carbons (Fsp3) is 0.217. The first-order valence-corrected chi connectivity index (χ1v) is 9.61. The average molecular weight is 387 g/mol. The van der Waals surface area contributed by atoms with Crippen LogP contribution >= 0.6 is 0 Å². The number of hydrogen-bond donors (Lipinski definition) is 1. The van der Waals surface area contributed by atoms with Gasteiger partial charge in [-0.25, -0.2) is 15.8 Å². The Morgan fingerprint density at radius 2 is 1.79 bits per heavy atom. The average Bonchev–Trinajstić information content (AvgIpc) is 3.13. The zero-order valence-electron chi connectivity index (χ0n) is 17.1. The minimum absolute atomic E-state index is 0.231. The van der Waals surface area contributed by atoms with Crippen LogP contribution in [0, 0.1) is 6.92 Å². The van der Waals surface area contributed by atoms with Gasteiger partial charge in [-0.2, -0.15) is 0 Å². The summed E-state index contributed by atoms with van der Waals surface area (Å²) in [5.74, 6) is 7.87. The molecule has 0 amide bonds. The van der Waals surface area contributed by atoms with Gasteiger partial charge in [0, 0.05) is 12.1 Å². The molecule has 0 saturated heterocycles. The van der Waals surface area contributed by atoms with Crippen molar-refractivity contribution in [2.45, 2.75) is 26.8 Å². The first-order valence-electron chi connectivity index (χ1n) is 9.61. The topological polar surface area (TPSA) is 69.2 Å². The Morgan fingerprint density at radius 1 is 1.03 bits per heavy atom. The summed E-state index contributed by atoms with van der Waals surface area (Å²) in [6, 6.07) is 18.5. The van der Waals surface area contributed by atoms with Gasteiger partial charge in [0.2, 0.25) is 0 Å². The molecule has 2 N–H and O–H groups in total. The van der Waals surface area contributed by atoms with E-state index in [1.807, 2.05) is 24.3 Å². The Kier molecular flexibility index (Phi) is 4.94. The second kappa shape index (κ2) is 7.56. The lowest BCUT2D eigenvalue weighted by atomic mass is 10.1. The van der Waals surface area contributed by atoms with E-state index in [1.165, 1.54) is 5.56 Å². The number of rotatable bonds is 5. The molecule has 29 heavy (non-hydrogen) atoms. The number of aryl methyl sites for hydroxylation is 1. The van der Waals surface area contributed by atoms with Crippen LogP contribution in [0.3, 0.4) is 0 Å². The van der Waals surface area contributed by atoms with Gasteiger partial charge in [-0.15, -0.1) is 0 Å². The van der Waals surface area contributed by atoms with E-state index in [-0.39, 0.29) is 6.04 Å². The fourth-order valence-electron chi connectivity index (χ4n) is 3.56. The molecule has 4 aromatic rings. The van der Waals surface area contributed by atoms with Gasteiger partial charge in [0.05, 0.1) is 23.9 Å². The van der Waals surface area contributed by atoms with Gasteiger partial charge in [-0.05, 0) is 44.5 Å². The molecule has 6 nitrogen and oxygen atoms in total. The third-order valence-corrected chi connectivity index (χ3v) is 5.03. The van der Waals surface area contributed by atoms with E-state index in [0.29, 0.717) is 5.82 Å². The lowest BCUT2D eigenvalue weighted by Crippen LogP contribution is -2.26. The molecule has 0 saturated carbocycles. The maximum Gasteiger partial charge on any atom is 0.160 e. The Morgan fingerprint density at radius 3 is 2.48 bits per heavy atom. The van der Waals surface area contributed by atoms with Crippen molar-refractivity contribution in [1.82, 2.24) is 14.5 Å². The third kappa shape index (κ3) is 3.43. The largest absolute Gasteiger partial charge is 0.497 e. The lowest BCUT2D eigenvalue weighted by Gasteiger charge is -2.19. The Hall–Kier alpha value is -3.38. The van der Waals surface area contributed by atoms with E-state index >= 15 is 0 Å². The van der Waals surface area contributed by atoms with Gasteiger partial charge in [0.15, 0.2) is 5.82 Å². The normalized spacial score (nSPS) is 11.2. The van der Waals surface area contributed by atoms with Crippen molar-refractivity contribution in [3.63, 3.8) is 0 Å². The second-order valence-electron chi connectivity index (χ2n) is 7.37. The molecular formula is C23H25N5O. The highest BCUT2D eigenvalue weighted by Gasteiger charge is 2.20. The van der Waals surface area contributed by atoms with Crippen LogP contribution in [-0.2, 0) is 0 Å².